The van der Waals surface area contributed by atoms with Crippen molar-refractivity contribution in [2.75, 3.05) is 33.3 Å². The van der Waals surface area contributed by atoms with E-state index in [2.05, 4.69) is 25.9 Å². The number of halogens is 1. The van der Waals surface area contributed by atoms with Crippen LogP contribution < -0.4 is 4.74 Å². The second-order valence-corrected chi connectivity index (χ2v) is 6.38. The smallest absolute Gasteiger partial charge is 0.274 e. The van der Waals surface area contributed by atoms with Crippen molar-refractivity contribution >= 4 is 27.7 Å². The highest BCUT2D eigenvalue weighted by atomic mass is 79.9. The van der Waals surface area contributed by atoms with Crippen LogP contribution in [0.4, 0.5) is 0 Å². The van der Waals surface area contributed by atoms with E-state index in [9.17, 15) is 9.59 Å². The number of amides is 2. The van der Waals surface area contributed by atoms with Crippen LogP contribution in [0, 0.1) is 0 Å². The fourth-order valence-electron chi connectivity index (χ4n) is 2.65. The van der Waals surface area contributed by atoms with E-state index in [4.69, 9.17) is 4.74 Å². The van der Waals surface area contributed by atoms with E-state index < -0.39 is 0 Å². The number of hydrogen-bond donors (Lipinski definition) is 0. The average molecular weight is 405 g/mol. The first-order chi connectivity index (χ1) is 12.1. The molecule has 0 unspecified atom stereocenters. The van der Waals surface area contributed by atoms with Gasteiger partial charge in [0.1, 0.15) is 11.4 Å². The van der Waals surface area contributed by atoms with Crippen LogP contribution in [-0.4, -0.2) is 64.9 Å². The Balaban J connectivity index is 1.66. The molecular weight excluding hydrogens is 388 g/mol. The summed E-state index contributed by atoms with van der Waals surface area (Å²) in [5.74, 6) is 0.378. The number of methoxy groups -OCH3 is 1. The zero-order valence-electron chi connectivity index (χ0n) is 13.7. The molecule has 1 fully saturated rings. The van der Waals surface area contributed by atoms with Gasteiger partial charge in [-0.25, -0.2) is 4.98 Å². The Bertz CT molecular complexity index is 777. The molecule has 0 radical (unpaired) electrons. The van der Waals surface area contributed by atoms with Gasteiger partial charge in [-0.3, -0.25) is 14.6 Å². The molecule has 0 aliphatic carbocycles. The summed E-state index contributed by atoms with van der Waals surface area (Å²) in [6.45, 7) is 1.86. The SMILES string of the molecule is COc1ccc(Br)c(C(=O)N2CCN(C(=O)c3cnccn3)CC2)c1. The maximum absolute atomic E-state index is 12.7. The van der Waals surface area contributed by atoms with Gasteiger partial charge in [-0.05, 0) is 34.1 Å². The number of benzene rings is 1. The van der Waals surface area contributed by atoms with Gasteiger partial charge in [-0.2, -0.15) is 0 Å². The highest BCUT2D eigenvalue weighted by Gasteiger charge is 2.27. The van der Waals surface area contributed by atoms with E-state index in [0.717, 1.165) is 4.47 Å². The predicted octanol–water partition coefficient (Wildman–Crippen LogP) is 1.85. The molecule has 0 atom stereocenters. The summed E-state index contributed by atoms with van der Waals surface area (Å²) in [7, 11) is 1.56. The molecule has 7 nitrogen and oxygen atoms in total. The Hall–Kier alpha value is -2.48. The van der Waals surface area contributed by atoms with Crippen molar-refractivity contribution in [3.05, 3.63) is 52.5 Å². The molecule has 1 aromatic carbocycles. The molecule has 1 aromatic heterocycles. The third-order valence-corrected chi connectivity index (χ3v) is 4.73. The molecule has 25 heavy (non-hydrogen) atoms. The van der Waals surface area contributed by atoms with Gasteiger partial charge in [0.2, 0.25) is 0 Å². The van der Waals surface area contributed by atoms with Gasteiger partial charge < -0.3 is 14.5 Å². The number of aromatic nitrogens is 2. The molecule has 2 amide bonds. The number of nitrogens with zero attached hydrogens (tertiary/aromatic N) is 4. The minimum Gasteiger partial charge on any atom is -0.497 e. The summed E-state index contributed by atoms with van der Waals surface area (Å²) in [5, 5.41) is 0. The lowest BCUT2D eigenvalue weighted by Gasteiger charge is -2.34. The topological polar surface area (TPSA) is 75.6 Å². The van der Waals surface area contributed by atoms with Gasteiger partial charge >= 0.3 is 0 Å². The summed E-state index contributed by atoms with van der Waals surface area (Å²) in [5.41, 5.74) is 0.867. The molecule has 0 bridgehead atoms. The quantitative estimate of drug-likeness (QED) is 0.779. The van der Waals surface area contributed by atoms with Crippen LogP contribution in [0.15, 0.2) is 41.3 Å². The van der Waals surface area contributed by atoms with Crippen LogP contribution in [0.3, 0.4) is 0 Å². The van der Waals surface area contributed by atoms with E-state index >= 15 is 0 Å². The summed E-state index contributed by atoms with van der Waals surface area (Å²) >= 11 is 3.41. The molecule has 1 aliphatic rings. The van der Waals surface area contributed by atoms with Gasteiger partial charge in [0.15, 0.2) is 0 Å². The molecule has 0 spiro atoms. The fraction of sp³-hybridized carbons (Fsp3) is 0.294. The summed E-state index contributed by atoms with van der Waals surface area (Å²) in [4.78, 5) is 36.5. The van der Waals surface area contributed by atoms with Crippen molar-refractivity contribution in [3.8, 4) is 5.75 Å². The molecule has 8 heteroatoms. The first-order valence-corrected chi connectivity index (χ1v) is 8.57. The number of hydrogen-bond acceptors (Lipinski definition) is 5. The normalized spacial score (nSPS) is 14.3. The molecule has 0 saturated carbocycles. The third-order valence-electron chi connectivity index (χ3n) is 4.04. The van der Waals surface area contributed by atoms with Gasteiger partial charge in [-0.15, -0.1) is 0 Å². The highest BCUT2D eigenvalue weighted by Crippen LogP contribution is 2.24. The van der Waals surface area contributed by atoms with Gasteiger partial charge in [-0.1, -0.05) is 0 Å². The summed E-state index contributed by atoms with van der Waals surface area (Å²) < 4.78 is 5.91. The van der Waals surface area contributed by atoms with E-state index in [1.165, 1.54) is 18.6 Å². The monoisotopic (exact) mass is 404 g/mol. The second kappa shape index (κ2) is 7.60. The minimum absolute atomic E-state index is 0.0858. The lowest BCUT2D eigenvalue weighted by molar-refractivity contribution is 0.0531. The van der Waals surface area contributed by atoms with Gasteiger partial charge in [0.05, 0.1) is 18.9 Å². The molecule has 2 heterocycles. The van der Waals surface area contributed by atoms with Crippen LogP contribution >= 0.6 is 15.9 Å². The Labute approximate surface area is 153 Å². The summed E-state index contributed by atoms with van der Waals surface area (Å²) in [6, 6.07) is 5.29. The molecule has 130 valence electrons. The van der Waals surface area contributed by atoms with Crippen molar-refractivity contribution in [2.24, 2.45) is 0 Å². The Morgan fingerprint density at radius 2 is 1.76 bits per heavy atom. The molecule has 1 saturated heterocycles. The molecule has 2 aromatic rings. The third kappa shape index (κ3) is 3.79. The zero-order chi connectivity index (χ0) is 17.8. The van der Waals surface area contributed by atoms with Gasteiger partial charge in [0.25, 0.3) is 11.8 Å². The predicted molar refractivity (Wildman–Crippen MR) is 94.5 cm³/mol. The van der Waals surface area contributed by atoms with Crippen molar-refractivity contribution in [3.63, 3.8) is 0 Å². The highest BCUT2D eigenvalue weighted by molar-refractivity contribution is 9.10. The van der Waals surface area contributed by atoms with Crippen LogP contribution in [0.1, 0.15) is 20.8 Å². The number of piperazine rings is 1. The van der Waals surface area contributed by atoms with Crippen molar-refractivity contribution in [2.45, 2.75) is 0 Å². The van der Waals surface area contributed by atoms with E-state index in [0.29, 0.717) is 43.2 Å². The van der Waals surface area contributed by atoms with Crippen molar-refractivity contribution in [1.29, 1.82) is 0 Å². The zero-order valence-corrected chi connectivity index (χ0v) is 15.3. The lowest BCUT2D eigenvalue weighted by Crippen LogP contribution is -2.50. The minimum atomic E-state index is -0.164. The van der Waals surface area contributed by atoms with E-state index in [-0.39, 0.29) is 11.8 Å². The first-order valence-electron chi connectivity index (χ1n) is 7.78. The lowest BCUT2D eigenvalue weighted by atomic mass is 10.1. The van der Waals surface area contributed by atoms with E-state index in [1.54, 1.807) is 35.1 Å². The van der Waals surface area contributed by atoms with Crippen LogP contribution in [0.25, 0.3) is 0 Å². The number of carbonyl (C=O) groups is 2. The van der Waals surface area contributed by atoms with Crippen LogP contribution in [-0.2, 0) is 0 Å². The van der Waals surface area contributed by atoms with Crippen LogP contribution in [0.5, 0.6) is 5.75 Å². The first kappa shape index (κ1) is 17.3. The maximum atomic E-state index is 12.7. The van der Waals surface area contributed by atoms with Gasteiger partial charge in [0, 0.05) is 43.0 Å². The Morgan fingerprint density at radius 1 is 1.08 bits per heavy atom. The average Bonchev–Trinajstić information content (AvgIpc) is 2.68. The van der Waals surface area contributed by atoms with E-state index in [1.807, 2.05) is 0 Å². The summed E-state index contributed by atoms with van der Waals surface area (Å²) in [6.07, 6.45) is 4.47. The fourth-order valence-corrected chi connectivity index (χ4v) is 3.07. The number of rotatable bonds is 3. The molecular formula is C17H17BrN4O3. The van der Waals surface area contributed by atoms with Crippen molar-refractivity contribution in [1.82, 2.24) is 19.8 Å². The Morgan fingerprint density at radius 3 is 2.36 bits per heavy atom. The largest absolute Gasteiger partial charge is 0.497 e. The Kier molecular flexibility index (Phi) is 5.28. The molecule has 3 rings (SSSR count). The maximum Gasteiger partial charge on any atom is 0.274 e. The molecule has 1 aliphatic heterocycles. The number of carbonyl (C=O) groups excluding carboxylic acids is 2. The van der Waals surface area contributed by atoms with Crippen molar-refractivity contribution < 1.29 is 14.3 Å². The second-order valence-electron chi connectivity index (χ2n) is 5.52. The standard InChI is InChI=1S/C17H17BrN4O3/c1-25-12-2-3-14(18)13(10-12)16(23)21-6-8-22(9-7-21)17(24)15-11-19-4-5-20-15/h2-5,10-11H,6-9H2,1H3. The van der Waals surface area contributed by atoms with Crippen LogP contribution in [0.2, 0.25) is 0 Å². The number of ether oxygens (including phenoxy) is 1. The molecule has 0 N–H and O–H groups in total.